The summed E-state index contributed by atoms with van der Waals surface area (Å²) in [7, 11) is -3.84. The van der Waals surface area contributed by atoms with Gasteiger partial charge < -0.3 is 11.1 Å². The summed E-state index contributed by atoms with van der Waals surface area (Å²) in [5.74, 6) is -1.09. The summed E-state index contributed by atoms with van der Waals surface area (Å²) in [4.78, 5) is 23.9. The first-order valence-corrected chi connectivity index (χ1v) is 10.5. The smallest absolute Gasteiger partial charge is 0.250 e. The molecule has 0 saturated carbocycles. The van der Waals surface area contributed by atoms with Gasteiger partial charge in [0.1, 0.15) is 0 Å². The monoisotopic (exact) mass is 401 g/mol. The summed E-state index contributed by atoms with van der Waals surface area (Å²) in [5, 5.41) is 2.91. The fourth-order valence-electron chi connectivity index (χ4n) is 3.32. The molecular weight excluding hydrogens is 378 g/mol. The van der Waals surface area contributed by atoms with Crippen LogP contribution in [0.1, 0.15) is 28.8 Å². The molecule has 28 heavy (non-hydrogen) atoms. The van der Waals surface area contributed by atoms with Crippen LogP contribution in [0.4, 0.5) is 0 Å². The Labute approximate surface area is 164 Å². The highest BCUT2D eigenvalue weighted by Gasteiger charge is 2.33. The van der Waals surface area contributed by atoms with E-state index in [4.69, 9.17) is 5.73 Å². The predicted molar refractivity (Wildman–Crippen MR) is 105 cm³/mol. The normalized spacial score (nSPS) is 15.9. The highest BCUT2D eigenvalue weighted by molar-refractivity contribution is 7.89. The van der Waals surface area contributed by atoms with Crippen LogP contribution in [0, 0.1) is 5.92 Å². The Bertz CT molecular complexity index is 952. The van der Waals surface area contributed by atoms with E-state index in [-0.39, 0.29) is 35.4 Å². The Morgan fingerprint density at radius 1 is 1.00 bits per heavy atom. The first-order chi connectivity index (χ1) is 13.4. The molecule has 1 saturated heterocycles. The van der Waals surface area contributed by atoms with Gasteiger partial charge in [-0.1, -0.05) is 42.5 Å². The van der Waals surface area contributed by atoms with Gasteiger partial charge in [-0.15, -0.1) is 0 Å². The zero-order valence-corrected chi connectivity index (χ0v) is 16.2. The van der Waals surface area contributed by atoms with Crippen LogP contribution in [0.25, 0.3) is 0 Å². The number of amides is 2. The molecule has 7 nitrogen and oxygen atoms in total. The van der Waals surface area contributed by atoms with E-state index in [1.807, 2.05) is 30.3 Å². The fraction of sp³-hybridized carbons (Fsp3) is 0.300. The summed E-state index contributed by atoms with van der Waals surface area (Å²) in [6.45, 7) is 0.891. The van der Waals surface area contributed by atoms with Gasteiger partial charge in [-0.3, -0.25) is 9.59 Å². The number of nitrogens with zero attached hydrogens (tertiary/aromatic N) is 1. The molecule has 0 radical (unpaired) electrons. The Morgan fingerprint density at radius 3 is 2.25 bits per heavy atom. The third-order valence-corrected chi connectivity index (χ3v) is 6.86. The highest BCUT2D eigenvalue weighted by Crippen LogP contribution is 2.26. The number of nitrogens with one attached hydrogen (secondary N) is 1. The van der Waals surface area contributed by atoms with E-state index in [0.29, 0.717) is 19.4 Å². The SMILES string of the molecule is NC(=O)c1ccccc1S(=O)(=O)N1CCC(C(=O)NCc2ccccc2)CC1. The highest BCUT2D eigenvalue weighted by atomic mass is 32.2. The molecule has 0 aromatic heterocycles. The van der Waals surface area contributed by atoms with Crippen LogP contribution in [0.15, 0.2) is 59.5 Å². The molecule has 0 bridgehead atoms. The van der Waals surface area contributed by atoms with Gasteiger partial charge in [0.05, 0.1) is 10.5 Å². The van der Waals surface area contributed by atoms with Crippen LogP contribution in [-0.2, 0) is 21.4 Å². The average Bonchev–Trinajstić information content (AvgIpc) is 2.73. The lowest BCUT2D eigenvalue weighted by Gasteiger charge is -2.31. The molecule has 2 aromatic rings. The molecule has 3 rings (SSSR count). The van der Waals surface area contributed by atoms with E-state index in [1.54, 1.807) is 12.1 Å². The Hall–Kier alpha value is -2.71. The molecule has 0 aliphatic carbocycles. The third kappa shape index (κ3) is 4.40. The summed E-state index contributed by atoms with van der Waals surface area (Å²) in [6.07, 6.45) is 0.858. The number of rotatable bonds is 6. The van der Waals surface area contributed by atoms with E-state index >= 15 is 0 Å². The van der Waals surface area contributed by atoms with Crippen LogP contribution in [0.2, 0.25) is 0 Å². The average molecular weight is 401 g/mol. The number of benzene rings is 2. The van der Waals surface area contributed by atoms with Gasteiger partial charge in [0.25, 0.3) is 0 Å². The molecule has 1 aliphatic heterocycles. The number of hydrogen-bond acceptors (Lipinski definition) is 4. The Balaban J connectivity index is 1.62. The minimum Gasteiger partial charge on any atom is -0.366 e. The zero-order valence-electron chi connectivity index (χ0n) is 15.4. The van der Waals surface area contributed by atoms with Crippen molar-refractivity contribution < 1.29 is 18.0 Å². The van der Waals surface area contributed by atoms with Crippen molar-refractivity contribution >= 4 is 21.8 Å². The van der Waals surface area contributed by atoms with Gasteiger partial charge in [-0.25, -0.2) is 8.42 Å². The van der Waals surface area contributed by atoms with Gasteiger partial charge >= 0.3 is 0 Å². The Morgan fingerprint density at radius 2 is 1.61 bits per heavy atom. The first kappa shape index (κ1) is 20.0. The maximum atomic E-state index is 12.9. The second-order valence-corrected chi connectivity index (χ2v) is 8.65. The Kier molecular flexibility index (Phi) is 6.11. The summed E-state index contributed by atoms with van der Waals surface area (Å²) < 4.78 is 27.1. The van der Waals surface area contributed by atoms with Crippen LogP contribution < -0.4 is 11.1 Å². The summed E-state index contributed by atoms with van der Waals surface area (Å²) >= 11 is 0. The quantitative estimate of drug-likeness (QED) is 0.764. The molecule has 0 unspecified atom stereocenters. The van der Waals surface area contributed by atoms with Crippen molar-refractivity contribution in [3.63, 3.8) is 0 Å². The maximum absolute atomic E-state index is 12.9. The largest absolute Gasteiger partial charge is 0.366 e. The van der Waals surface area contributed by atoms with Crippen LogP contribution in [0.5, 0.6) is 0 Å². The van der Waals surface area contributed by atoms with Gasteiger partial charge in [-0.2, -0.15) is 4.31 Å². The second-order valence-electron chi connectivity index (χ2n) is 6.74. The van der Waals surface area contributed by atoms with Gasteiger partial charge in [0.15, 0.2) is 0 Å². The van der Waals surface area contributed by atoms with E-state index in [1.165, 1.54) is 16.4 Å². The molecule has 2 amide bonds. The lowest BCUT2D eigenvalue weighted by atomic mass is 9.97. The standard InChI is InChI=1S/C20H23N3O4S/c21-19(24)17-8-4-5-9-18(17)28(26,27)23-12-10-16(11-13-23)20(25)22-14-15-6-2-1-3-7-15/h1-9,16H,10-14H2,(H2,21,24)(H,22,25). The molecule has 1 fully saturated rings. The third-order valence-electron chi connectivity index (χ3n) is 4.90. The van der Waals surface area contributed by atoms with Crippen molar-refractivity contribution in [1.29, 1.82) is 0 Å². The lowest BCUT2D eigenvalue weighted by molar-refractivity contribution is -0.126. The summed E-state index contributed by atoms with van der Waals surface area (Å²) in [5.41, 5.74) is 6.30. The molecule has 148 valence electrons. The lowest BCUT2D eigenvalue weighted by Crippen LogP contribution is -2.43. The van der Waals surface area contributed by atoms with Crippen molar-refractivity contribution in [3.8, 4) is 0 Å². The van der Waals surface area contributed by atoms with Crippen LogP contribution >= 0.6 is 0 Å². The van der Waals surface area contributed by atoms with Gasteiger partial charge in [-0.05, 0) is 30.5 Å². The molecule has 1 aliphatic rings. The van der Waals surface area contributed by atoms with Crippen LogP contribution in [0.3, 0.4) is 0 Å². The number of hydrogen-bond donors (Lipinski definition) is 2. The zero-order chi connectivity index (χ0) is 20.1. The van der Waals surface area contributed by atoms with Crippen molar-refractivity contribution in [2.24, 2.45) is 11.7 Å². The molecule has 8 heteroatoms. The van der Waals surface area contributed by atoms with Crippen molar-refractivity contribution in [2.75, 3.05) is 13.1 Å². The van der Waals surface area contributed by atoms with Crippen LogP contribution in [-0.4, -0.2) is 37.6 Å². The van der Waals surface area contributed by atoms with Crippen molar-refractivity contribution in [2.45, 2.75) is 24.3 Å². The molecule has 0 atom stereocenters. The minimum atomic E-state index is -3.84. The minimum absolute atomic E-state index is 0.0229. The van der Waals surface area contributed by atoms with E-state index in [9.17, 15) is 18.0 Å². The second kappa shape index (κ2) is 8.53. The molecule has 2 aromatic carbocycles. The molecule has 0 spiro atoms. The van der Waals surface area contributed by atoms with Crippen molar-refractivity contribution in [1.82, 2.24) is 9.62 Å². The summed E-state index contributed by atoms with van der Waals surface area (Å²) in [6, 6.07) is 15.5. The van der Waals surface area contributed by atoms with Crippen molar-refractivity contribution in [3.05, 3.63) is 65.7 Å². The number of piperidine rings is 1. The number of carbonyl (C=O) groups is 2. The van der Waals surface area contributed by atoms with Gasteiger partial charge in [0.2, 0.25) is 21.8 Å². The molecule has 3 N–H and O–H groups in total. The predicted octanol–water partition coefficient (Wildman–Crippen LogP) is 1.50. The topological polar surface area (TPSA) is 110 Å². The van der Waals surface area contributed by atoms with Gasteiger partial charge in [0, 0.05) is 25.6 Å². The maximum Gasteiger partial charge on any atom is 0.250 e. The number of sulfonamides is 1. The molecular formula is C20H23N3O4S. The molecule has 1 heterocycles. The fourth-order valence-corrected chi connectivity index (χ4v) is 4.99. The first-order valence-electron chi connectivity index (χ1n) is 9.10. The number of carbonyl (C=O) groups excluding carboxylic acids is 2. The number of primary amides is 1. The van der Waals surface area contributed by atoms with E-state index in [0.717, 1.165) is 5.56 Å². The van der Waals surface area contributed by atoms with E-state index in [2.05, 4.69) is 5.32 Å². The van der Waals surface area contributed by atoms with E-state index < -0.39 is 15.9 Å². The number of nitrogens with two attached hydrogens (primary N) is 1.